The van der Waals surface area contributed by atoms with Crippen LogP contribution in [0.2, 0.25) is 0 Å². The van der Waals surface area contributed by atoms with E-state index in [9.17, 15) is 9.00 Å². The largest absolute Gasteiger partial charge is 0.480 e. The van der Waals surface area contributed by atoms with Crippen molar-refractivity contribution in [3.05, 3.63) is 35.4 Å². The Kier molecular flexibility index (Phi) is 3.10. The van der Waals surface area contributed by atoms with Crippen LogP contribution in [0.1, 0.15) is 24.0 Å². The van der Waals surface area contributed by atoms with E-state index in [1.54, 1.807) is 0 Å². The van der Waals surface area contributed by atoms with E-state index in [1.807, 2.05) is 18.2 Å². The zero-order valence-corrected chi connectivity index (χ0v) is 9.87. The Morgan fingerprint density at radius 2 is 2.25 bits per heavy atom. The number of aliphatic carboxylic acids is 1. The molecule has 0 spiro atoms. The molecule has 1 aliphatic rings. The van der Waals surface area contributed by atoms with Crippen molar-refractivity contribution < 1.29 is 14.1 Å². The maximum absolute atomic E-state index is 11.7. The molecule has 1 aromatic carbocycles. The number of carbonyl (C=O) groups is 1. The molecule has 0 aromatic heterocycles. The Balaban J connectivity index is 1.99. The van der Waals surface area contributed by atoms with Crippen molar-refractivity contribution in [1.29, 1.82) is 0 Å². The van der Waals surface area contributed by atoms with E-state index in [4.69, 9.17) is 5.11 Å². The number of hydrogen-bond acceptors (Lipinski definition) is 2. The lowest BCUT2D eigenvalue weighted by Crippen LogP contribution is -2.29. The predicted molar refractivity (Wildman–Crippen MR) is 63.0 cm³/mol. The van der Waals surface area contributed by atoms with E-state index in [2.05, 4.69) is 6.07 Å². The molecule has 0 aliphatic heterocycles. The van der Waals surface area contributed by atoms with Crippen LogP contribution in [0.4, 0.5) is 0 Å². The molecular formula is C12H14O3S. The molecule has 1 aromatic rings. The molecule has 2 rings (SSSR count). The molecule has 3 atom stereocenters. The van der Waals surface area contributed by atoms with Gasteiger partial charge in [-0.2, -0.15) is 0 Å². The molecule has 0 amide bonds. The van der Waals surface area contributed by atoms with E-state index in [1.165, 1.54) is 18.1 Å². The topological polar surface area (TPSA) is 54.4 Å². The highest BCUT2D eigenvalue weighted by atomic mass is 32.2. The van der Waals surface area contributed by atoms with Crippen molar-refractivity contribution in [2.24, 2.45) is 0 Å². The third-order valence-corrected chi connectivity index (χ3v) is 4.79. The van der Waals surface area contributed by atoms with E-state index >= 15 is 0 Å². The predicted octanol–water partition coefficient (Wildman–Crippen LogP) is 1.55. The molecule has 16 heavy (non-hydrogen) atoms. The van der Waals surface area contributed by atoms with Crippen LogP contribution in [0.25, 0.3) is 0 Å². The number of carboxylic acids is 1. The summed E-state index contributed by atoms with van der Waals surface area (Å²) >= 11 is 0. The van der Waals surface area contributed by atoms with Gasteiger partial charge in [0.1, 0.15) is 5.25 Å². The Bertz CT molecular complexity index is 442. The maximum Gasteiger partial charge on any atom is 0.318 e. The Morgan fingerprint density at radius 3 is 2.88 bits per heavy atom. The molecule has 3 unspecified atom stereocenters. The Hall–Kier alpha value is -1.16. The first-order valence-electron chi connectivity index (χ1n) is 5.27. The van der Waals surface area contributed by atoms with Crippen molar-refractivity contribution in [2.45, 2.75) is 24.5 Å². The molecule has 0 saturated heterocycles. The third-order valence-electron chi connectivity index (χ3n) is 3.07. The number of benzene rings is 1. The fourth-order valence-electron chi connectivity index (χ4n) is 1.97. The normalized spacial score (nSPS) is 21.7. The fraction of sp³-hybridized carbons (Fsp3) is 0.417. The van der Waals surface area contributed by atoms with Crippen LogP contribution in [0.5, 0.6) is 0 Å². The van der Waals surface area contributed by atoms with E-state index < -0.39 is 22.0 Å². The fourth-order valence-corrected chi connectivity index (χ4v) is 3.17. The van der Waals surface area contributed by atoms with E-state index in [-0.39, 0.29) is 5.92 Å². The van der Waals surface area contributed by atoms with Gasteiger partial charge in [-0.15, -0.1) is 0 Å². The van der Waals surface area contributed by atoms with Gasteiger partial charge < -0.3 is 5.11 Å². The zero-order valence-electron chi connectivity index (χ0n) is 9.05. The van der Waals surface area contributed by atoms with Crippen LogP contribution in [0, 0.1) is 0 Å². The van der Waals surface area contributed by atoms with Gasteiger partial charge in [-0.05, 0) is 30.4 Å². The molecular weight excluding hydrogens is 224 g/mol. The van der Waals surface area contributed by atoms with Gasteiger partial charge in [-0.3, -0.25) is 9.00 Å². The van der Waals surface area contributed by atoms with Gasteiger partial charge in [0.15, 0.2) is 0 Å². The first-order chi connectivity index (χ1) is 7.59. The summed E-state index contributed by atoms with van der Waals surface area (Å²) < 4.78 is 11.7. The molecule has 0 bridgehead atoms. The number of rotatable bonds is 4. The molecule has 1 aliphatic carbocycles. The van der Waals surface area contributed by atoms with Gasteiger partial charge in [-0.25, -0.2) is 0 Å². The minimum absolute atomic E-state index is 0.277. The maximum atomic E-state index is 11.7. The van der Waals surface area contributed by atoms with Crippen molar-refractivity contribution in [1.82, 2.24) is 0 Å². The van der Waals surface area contributed by atoms with Gasteiger partial charge >= 0.3 is 5.97 Å². The SMILES string of the molecule is CC(C(=O)O)S(=O)CC1Cc2ccccc21. The summed E-state index contributed by atoms with van der Waals surface area (Å²) in [5.74, 6) is -0.241. The van der Waals surface area contributed by atoms with E-state index in [0.29, 0.717) is 5.75 Å². The summed E-state index contributed by atoms with van der Waals surface area (Å²) in [4.78, 5) is 10.7. The Labute approximate surface area is 96.9 Å². The van der Waals surface area contributed by atoms with Gasteiger partial charge in [0.2, 0.25) is 0 Å². The summed E-state index contributed by atoms with van der Waals surface area (Å²) in [7, 11) is -1.28. The second-order valence-electron chi connectivity index (χ2n) is 4.13. The van der Waals surface area contributed by atoms with Gasteiger partial charge in [0, 0.05) is 16.6 Å². The number of hydrogen-bond donors (Lipinski definition) is 1. The van der Waals surface area contributed by atoms with Crippen LogP contribution >= 0.6 is 0 Å². The monoisotopic (exact) mass is 238 g/mol. The highest BCUT2D eigenvalue weighted by molar-refractivity contribution is 7.86. The molecule has 86 valence electrons. The molecule has 3 nitrogen and oxygen atoms in total. The van der Waals surface area contributed by atoms with Crippen LogP contribution in [0.15, 0.2) is 24.3 Å². The lowest BCUT2D eigenvalue weighted by atomic mass is 9.79. The van der Waals surface area contributed by atoms with Gasteiger partial charge in [0.05, 0.1) is 0 Å². The highest BCUT2D eigenvalue weighted by Crippen LogP contribution is 2.35. The standard InChI is InChI=1S/C12H14O3S/c1-8(12(13)14)16(15)7-10-6-9-4-2-3-5-11(9)10/h2-5,8,10H,6-7H2,1H3,(H,13,14). The van der Waals surface area contributed by atoms with Crippen LogP contribution in [-0.4, -0.2) is 26.3 Å². The van der Waals surface area contributed by atoms with Crippen molar-refractivity contribution in [2.75, 3.05) is 5.75 Å². The highest BCUT2D eigenvalue weighted by Gasteiger charge is 2.30. The minimum atomic E-state index is -1.28. The lowest BCUT2D eigenvalue weighted by molar-refractivity contribution is -0.136. The zero-order chi connectivity index (χ0) is 11.7. The lowest BCUT2D eigenvalue weighted by Gasteiger charge is -2.30. The summed E-state index contributed by atoms with van der Waals surface area (Å²) in [5.41, 5.74) is 2.53. The summed E-state index contributed by atoms with van der Waals surface area (Å²) in [5, 5.41) is 7.99. The summed E-state index contributed by atoms with van der Waals surface area (Å²) in [6, 6.07) is 8.06. The molecule has 1 N–H and O–H groups in total. The molecule has 0 heterocycles. The first-order valence-corrected chi connectivity index (χ1v) is 6.65. The number of fused-ring (bicyclic) bond motifs is 1. The van der Waals surface area contributed by atoms with Crippen LogP contribution in [-0.2, 0) is 22.0 Å². The quantitative estimate of drug-likeness (QED) is 0.865. The number of carboxylic acid groups (broad SMARTS) is 1. The van der Waals surface area contributed by atoms with Crippen molar-refractivity contribution in [3.8, 4) is 0 Å². The molecule has 4 heteroatoms. The van der Waals surface area contributed by atoms with Gasteiger partial charge in [0.25, 0.3) is 0 Å². The Morgan fingerprint density at radius 1 is 1.56 bits per heavy atom. The second-order valence-corrected chi connectivity index (χ2v) is 5.93. The molecule has 0 fully saturated rings. The summed E-state index contributed by atoms with van der Waals surface area (Å²) in [6.07, 6.45) is 0.925. The van der Waals surface area contributed by atoms with Crippen LogP contribution < -0.4 is 0 Å². The minimum Gasteiger partial charge on any atom is -0.480 e. The first kappa shape index (κ1) is 11.3. The molecule has 0 saturated carbocycles. The van der Waals surface area contributed by atoms with E-state index in [0.717, 1.165) is 6.42 Å². The van der Waals surface area contributed by atoms with Gasteiger partial charge in [-0.1, -0.05) is 24.3 Å². The third kappa shape index (κ3) is 2.02. The van der Waals surface area contributed by atoms with Crippen LogP contribution in [0.3, 0.4) is 0 Å². The average Bonchev–Trinajstić information content (AvgIpc) is 2.24. The second kappa shape index (κ2) is 4.37. The van der Waals surface area contributed by atoms with Crippen molar-refractivity contribution >= 4 is 16.8 Å². The smallest absolute Gasteiger partial charge is 0.318 e. The summed E-state index contributed by atoms with van der Waals surface area (Å²) in [6.45, 7) is 1.50. The van der Waals surface area contributed by atoms with Crippen molar-refractivity contribution in [3.63, 3.8) is 0 Å². The average molecular weight is 238 g/mol. The molecule has 0 radical (unpaired) electrons.